The Bertz CT molecular complexity index is 368. The van der Waals surface area contributed by atoms with E-state index in [1.165, 1.54) is 0 Å². The van der Waals surface area contributed by atoms with Crippen LogP contribution in [0.15, 0.2) is 45.6 Å². The van der Waals surface area contributed by atoms with Gasteiger partial charge in [-0.15, -0.1) is 0 Å². The molecule has 0 aliphatic rings. The number of furan rings is 2. The molecule has 2 aromatic rings. The maximum Gasteiger partial charge on any atom is 0.117 e. The van der Waals surface area contributed by atoms with Crippen LogP contribution in [0.1, 0.15) is 11.5 Å². The summed E-state index contributed by atoms with van der Waals surface area (Å²) in [6.07, 6.45) is 3.41. The van der Waals surface area contributed by atoms with Crippen LogP contribution in [-0.2, 0) is 13.1 Å². The molecule has 2 aromatic heterocycles. The van der Waals surface area contributed by atoms with E-state index in [-0.39, 0.29) is 0 Å². The normalized spacial score (nSPS) is 11.5. The average Bonchev–Trinajstić information content (AvgIpc) is 2.90. The van der Waals surface area contributed by atoms with Crippen LogP contribution in [0, 0.1) is 0 Å². The van der Waals surface area contributed by atoms with Gasteiger partial charge in [-0.25, -0.2) is 0 Å². The first-order chi connectivity index (χ1) is 8.24. The van der Waals surface area contributed by atoms with Gasteiger partial charge in [-0.3, -0.25) is 9.80 Å². The van der Waals surface area contributed by atoms with Gasteiger partial charge in [-0.05, 0) is 38.4 Å². The van der Waals surface area contributed by atoms with Gasteiger partial charge in [0.15, 0.2) is 0 Å². The van der Waals surface area contributed by atoms with Gasteiger partial charge in [0.05, 0.1) is 32.3 Å². The summed E-state index contributed by atoms with van der Waals surface area (Å²) >= 11 is 0. The van der Waals surface area contributed by atoms with Crippen molar-refractivity contribution in [2.45, 2.75) is 13.1 Å². The molecule has 0 bridgehead atoms. The molecule has 0 unspecified atom stereocenters. The zero-order valence-electron chi connectivity index (χ0n) is 10.3. The van der Waals surface area contributed by atoms with Gasteiger partial charge in [0, 0.05) is 0 Å². The van der Waals surface area contributed by atoms with Gasteiger partial charge in [0.2, 0.25) is 0 Å². The minimum atomic E-state index is 0.815. The van der Waals surface area contributed by atoms with Gasteiger partial charge < -0.3 is 8.83 Å². The Morgan fingerprint density at radius 3 is 1.71 bits per heavy atom. The molecule has 0 N–H and O–H groups in total. The third kappa shape index (κ3) is 3.76. The van der Waals surface area contributed by atoms with Crippen LogP contribution < -0.4 is 0 Å². The van der Waals surface area contributed by atoms with Crippen molar-refractivity contribution in [3.63, 3.8) is 0 Å². The van der Waals surface area contributed by atoms with Crippen molar-refractivity contribution in [1.82, 2.24) is 9.80 Å². The van der Waals surface area contributed by atoms with Crippen molar-refractivity contribution in [3.05, 3.63) is 48.3 Å². The molecule has 0 radical (unpaired) electrons. The van der Waals surface area contributed by atoms with Gasteiger partial charge in [-0.1, -0.05) is 0 Å². The molecule has 2 rings (SSSR count). The van der Waals surface area contributed by atoms with Crippen LogP contribution in [0.2, 0.25) is 0 Å². The summed E-state index contributed by atoms with van der Waals surface area (Å²) in [4.78, 5) is 4.39. The van der Waals surface area contributed by atoms with Crippen LogP contribution in [0.3, 0.4) is 0 Å². The highest BCUT2D eigenvalue weighted by Crippen LogP contribution is 2.07. The summed E-state index contributed by atoms with van der Waals surface area (Å²) in [6, 6.07) is 7.80. The SMILES string of the molecule is CN(Cc1ccco1)CN(C)Cc1ccco1. The largest absolute Gasteiger partial charge is 0.468 e. The van der Waals surface area contributed by atoms with Crippen LogP contribution in [0.25, 0.3) is 0 Å². The molecule has 0 atom stereocenters. The molecule has 0 aliphatic carbocycles. The molecule has 0 aromatic carbocycles. The van der Waals surface area contributed by atoms with Crippen molar-refractivity contribution in [3.8, 4) is 0 Å². The number of nitrogens with zero attached hydrogens (tertiary/aromatic N) is 2. The monoisotopic (exact) mass is 234 g/mol. The van der Waals surface area contributed by atoms with Gasteiger partial charge in [0.25, 0.3) is 0 Å². The predicted molar refractivity (Wildman–Crippen MR) is 65.2 cm³/mol. The molecule has 2 heterocycles. The highest BCUT2D eigenvalue weighted by molar-refractivity contribution is 4.98. The van der Waals surface area contributed by atoms with E-state index in [1.54, 1.807) is 12.5 Å². The summed E-state index contributed by atoms with van der Waals surface area (Å²) in [5.74, 6) is 1.97. The lowest BCUT2D eigenvalue weighted by Gasteiger charge is -2.22. The van der Waals surface area contributed by atoms with Crippen molar-refractivity contribution in [2.24, 2.45) is 0 Å². The molecule has 92 valence electrons. The average molecular weight is 234 g/mol. The fourth-order valence-corrected chi connectivity index (χ4v) is 1.85. The minimum absolute atomic E-state index is 0.815. The highest BCUT2D eigenvalue weighted by atomic mass is 16.3. The topological polar surface area (TPSA) is 32.8 Å². The van der Waals surface area contributed by atoms with E-state index >= 15 is 0 Å². The van der Waals surface area contributed by atoms with Crippen LogP contribution >= 0.6 is 0 Å². The van der Waals surface area contributed by atoms with E-state index < -0.39 is 0 Å². The zero-order chi connectivity index (χ0) is 12.1. The maximum atomic E-state index is 5.31. The minimum Gasteiger partial charge on any atom is -0.468 e. The maximum absolute atomic E-state index is 5.31. The number of hydrogen-bond acceptors (Lipinski definition) is 4. The Balaban J connectivity index is 1.76. The Kier molecular flexibility index (Phi) is 4.01. The molecule has 0 saturated heterocycles. The van der Waals surface area contributed by atoms with Crippen molar-refractivity contribution < 1.29 is 8.83 Å². The van der Waals surface area contributed by atoms with Crippen molar-refractivity contribution in [1.29, 1.82) is 0 Å². The van der Waals surface area contributed by atoms with Crippen molar-refractivity contribution >= 4 is 0 Å². The summed E-state index contributed by atoms with van der Waals surface area (Å²) in [6.45, 7) is 2.49. The van der Waals surface area contributed by atoms with Crippen molar-refractivity contribution in [2.75, 3.05) is 20.8 Å². The summed E-state index contributed by atoms with van der Waals surface area (Å²) in [7, 11) is 4.14. The molecule has 0 saturated carbocycles. The molecule has 0 fully saturated rings. The molecular weight excluding hydrogens is 216 g/mol. The van der Waals surface area contributed by atoms with E-state index in [1.807, 2.05) is 24.3 Å². The van der Waals surface area contributed by atoms with Gasteiger partial charge in [0.1, 0.15) is 11.5 Å². The first-order valence-corrected chi connectivity index (χ1v) is 5.66. The Hall–Kier alpha value is -1.52. The lowest BCUT2D eigenvalue weighted by Crippen LogP contribution is -2.32. The van der Waals surface area contributed by atoms with E-state index in [0.29, 0.717) is 0 Å². The molecule has 0 aliphatic heterocycles. The standard InChI is InChI=1S/C13H18N2O2/c1-14(9-12-5-3-7-16-12)11-15(2)10-13-6-4-8-17-13/h3-8H,9-11H2,1-2H3. The van der Waals surface area contributed by atoms with E-state index in [9.17, 15) is 0 Å². The summed E-state index contributed by atoms with van der Waals surface area (Å²) in [5, 5.41) is 0. The third-order valence-electron chi connectivity index (χ3n) is 2.49. The van der Waals surface area contributed by atoms with Crippen LogP contribution in [-0.4, -0.2) is 30.6 Å². The second-order valence-electron chi connectivity index (χ2n) is 4.33. The number of rotatable bonds is 6. The molecule has 4 nitrogen and oxygen atoms in total. The second kappa shape index (κ2) is 5.70. The van der Waals surface area contributed by atoms with Crippen LogP contribution in [0.5, 0.6) is 0 Å². The molecule has 4 heteroatoms. The fraction of sp³-hybridized carbons (Fsp3) is 0.385. The van der Waals surface area contributed by atoms with E-state index in [4.69, 9.17) is 8.83 Å². The summed E-state index contributed by atoms with van der Waals surface area (Å²) in [5.41, 5.74) is 0. The summed E-state index contributed by atoms with van der Waals surface area (Å²) < 4.78 is 10.6. The second-order valence-corrected chi connectivity index (χ2v) is 4.33. The molecule has 0 amide bonds. The first-order valence-electron chi connectivity index (χ1n) is 5.66. The predicted octanol–water partition coefficient (Wildman–Crippen LogP) is 2.39. The quantitative estimate of drug-likeness (QED) is 0.718. The molecule has 17 heavy (non-hydrogen) atoms. The Labute approximate surface area is 101 Å². The number of hydrogen-bond donors (Lipinski definition) is 0. The Morgan fingerprint density at radius 1 is 0.882 bits per heavy atom. The fourth-order valence-electron chi connectivity index (χ4n) is 1.85. The van der Waals surface area contributed by atoms with Gasteiger partial charge >= 0.3 is 0 Å². The lowest BCUT2D eigenvalue weighted by molar-refractivity contribution is 0.155. The Morgan fingerprint density at radius 2 is 1.35 bits per heavy atom. The molecular formula is C13H18N2O2. The third-order valence-corrected chi connectivity index (χ3v) is 2.49. The highest BCUT2D eigenvalue weighted by Gasteiger charge is 2.07. The smallest absolute Gasteiger partial charge is 0.117 e. The van der Waals surface area contributed by atoms with E-state index in [0.717, 1.165) is 31.3 Å². The first kappa shape index (κ1) is 12.0. The van der Waals surface area contributed by atoms with Gasteiger partial charge in [-0.2, -0.15) is 0 Å². The lowest BCUT2D eigenvalue weighted by atomic mass is 10.4. The molecule has 0 spiro atoms. The van der Waals surface area contributed by atoms with E-state index in [2.05, 4.69) is 23.9 Å². The van der Waals surface area contributed by atoms with Crippen LogP contribution in [0.4, 0.5) is 0 Å². The zero-order valence-corrected chi connectivity index (χ0v) is 10.3.